The van der Waals surface area contributed by atoms with Gasteiger partial charge in [0, 0.05) is 55.9 Å². The van der Waals surface area contributed by atoms with Crippen molar-refractivity contribution in [1.29, 1.82) is 0 Å². The van der Waals surface area contributed by atoms with Crippen LogP contribution in [0.5, 0.6) is 0 Å². The minimum absolute atomic E-state index is 0. The van der Waals surface area contributed by atoms with Gasteiger partial charge in [0.1, 0.15) is 41.5 Å². The highest BCUT2D eigenvalue weighted by molar-refractivity contribution is 6.29. The number of piperazine rings is 1. The molecule has 2 aliphatic heterocycles. The molecule has 58 heavy (non-hydrogen) atoms. The summed E-state index contributed by atoms with van der Waals surface area (Å²) in [6, 6.07) is 5.88. The van der Waals surface area contributed by atoms with Crippen LogP contribution < -0.4 is 26.6 Å². The summed E-state index contributed by atoms with van der Waals surface area (Å²) in [4.78, 5) is 31.2. The smallest absolute Gasteiger partial charge is 0.192 e. The molecule has 0 radical (unpaired) electrons. The average Bonchev–Trinajstić information content (AvgIpc) is 3.53. The number of aromatic nitrogens is 6. The van der Waals surface area contributed by atoms with E-state index in [0.717, 1.165) is 57.4 Å². The third kappa shape index (κ3) is 9.82. The van der Waals surface area contributed by atoms with E-state index in [1.807, 2.05) is 34.6 Å². The summed E-state index contributed by atoms with van der Waals surface area (Å²) in [7, 11) is 0. The van der Waals surface area contributed by atoms with Crippen LogP contribution in [0.4, 0.5) is 51.9 Å². The van der Waals surface area contributed by atoms with Gasteiger partial charge in [-0.2, -0.15) is 0 Å². The Labute approximate surface area is 341 Å². The van der Waals surface area contributed by atoms with Gasteiger partial charge in [-0.3, -0.25) is 9.88 Å². The zero-order valence-corrected chi connectivity index (χ0v) is 33.3. The van der Waals surface area contributed by atoms with Gasteiger partial charge < -0.3 is 31.5 Å². The molecule has 7 rings (SSSR count). The van der Waals surface area contributed by atoms with E-state index in [0.29, 0.717) is 28.4 Å². The van der Waals surface area contributed by atoms with Crippen LogP contribution in [-0.4, -0.2) is 90.7 Å². The van der Waals surface area contributed by atoms with Crippen LogP contribution in [-0.2, 0) is 6.54 Å². The highest BCUT2D eigenvalue weighted by atomic mass is 35.5. The summed E-state index contributed by atoms with van der Waals surface area (Å²) < 4.78 is 58.2. The van der Waals surface area contributed by atoms with Gasteiger partial charge in [0.2, 0.25) is 0 Å². The topological polar surface area (TPSA) is 149 Å². The molecule has 5 heterocycles. The first-order valence-corrected chi connectivity index (χ1v) is 19.1. The SMILES string of the molecule is C.CC(C)Nc1cc(-c2ncnc(Cl)c2F)cc(F)c1N.CCN1CCN(Cc2cnc(Nc3ncnc(-c4cc(F)c5c(c4)N(C(C)C)C(C)N5)c3F)cn2)CC1. The zero-order valence-electron chi connectivity index (χ0n) is 32.6. The molecule has 1 fully saturated rings. The Bertz CT molecular complexity index is 2180. The average molecular weight is 824 g/mol. The van der Waals surface area contributed by atoms with Gasteiger partial charge >= 0.3 is 0 Å². The fourth-order valence-electron chi connectivity index (χ4n) is 6.80. The Hall–Kier alpha value is -5.39. The van der Waals surface area contributed by atoms with Gasteiger partial charge in [-0.05, 0) is 65.4 Å². The van der Waals surface area contributed by atoms with Crippen LogP contribution in [0.2, 0.25) is 5.15 Å². The third-order valence-corrected chi connectivity index (χ3v) is 9.84. The van der Waals surface area contributed by atoms with E-state index in [4.69, 9.17) is 17.3 Å². The lowest BCUT2D eigenvalue weighted by Crippen LogP contribution is -2.45. The predicted octanol–water partition coefficient (Wildman–Crippen LogP) is 8.19. The van der Waals surface area contributed by atoms with Crippen LogP contribution in [0.3, 0.4) is 0 Å². The minimum atomic E-state index is -0.797. The van der Waals surface area contributed by atoms with Crippen molar-refractivity contribution in [3.63, 3.8) is 0 Å². The van der Waals surface area contributed by atoms with Crippen molar-refractivity contribution in [3.8, 4) is 22.5 Å². The van der Waals surface area contributed by atoms with E-state index >= 15 is 4.39 Å². The van der Waals surface area contributed by atoms with E-state index in [2.05, 4.69) is 67.5 Å². The molecule has 0 spiro atoms. The molecule has 3 aromatic heterocycles. The minimum Gasteiger partial charge on any atom is -0.395 e. The fourth-order valence-corrected chi connectivity index (χ4v) is 6.93. The predicted molar refractivity (Wildman–Crippen MR) is 223 cm³/mol. The quantitative estimate of drug-likeness (QED) is 0.0610. The molecule has 0 bridgehead atoms. The van der Waals surface area contributed by atoms with Gasteiger partial charge in [0.25, 0.3) is 0 Å². The number of nitrogens with zero attached hydrogens (tertiary/aromatic N) is 9. The number of nitrogen functional groups attached to an aromatic ring is 1. The van der Waals surface area contributed by atoms with Crippen molar-refractivity contribution in [1.82, 2.24) is 39.7 Å². The second-order valence-corrected chi connectivity index (χ2v) is 14.7. The van der Waals surface area contributed by atoms with Gasteiger partial charge in [0.05, 0.1) is 47.0 Å². The Morgan fingerprint density at radius 2 is 1.47 bits per heavy atom. The number of benzene rings is 2. The van der Waals surface area contributed by atoms with E-state index in [1.165, 1.54) is 18.5 Å². The molecular formula is C40H50ClF4N13. The second kappa shape index (κ2) is 18.9. The molecule has 1 unspecified atom stereocenters. The molecule has 1 atom stereocenters. The van der Waals surface area contributed by atoms with Gasteiger partial charge in [-0.15, -0.1) is 0 Å². The van der Waals surface area contributed by atoms with Crippen LogP contribution in [0.15, 0.2) is 49.3 Å². The number of likely N-dealkylation sites (N-methyl/N-ethyl adjacent to an activating group) is 1. The molecule has 310 valence electrons. The second-order valence-electron chi connectivity index (χ2n) is 14.3. The lowest BCUT2D eigenvalue weighted by atomic mass is 10.1. The van der Waals surface area contributed by atoms with E-state index in [-0.39, 0.29) is 59.3 Å². The van der Waals surface area contributed by atoms with Crippen molar-refractivity contribution in [2.45, 2.75) is 73.8 Å². The fraction of sp³-hybridized carbons (Fsp3) is 0.400. The van der Waals surface area contributed by atoms with Crippen molar-refractivity contribution >= 4 is 46.0 Å². The summed E-state index contributed by atoms with van der Waals surface area (Å²) in [5.41, 5.74) is 8.48. The number of anilines is 6. The van der Waals surface area contributed by atoms with Crippen LogP contribution in [0, 0.1) is 23.3 Å². The summed E-state index contributed by atoms with van der Waals surface area (Å²) in [6.07, 6.45) is 5.56. The molecule has 13 nitrogen and oxygen atoms in total. The van der Waals surface area contributed by atoms with Crippen molar-refractivity contribution in [2.24, 2.45) is 0 Å². The lowest BCUT2D eigenvalue weighted by Gasteiger charge is -2.33. The first-order chi connectivity index (χ1) is 27.2. The highest BCUT2D eigenvalue weighted by Gasteiger charge is 2.31. The van der Waals surface area contributed by atoms with Crippen LogP contribution in [0.25, 0.3) is 22.5 Å². The van der Waals surface area contributed by atoms with Crippen LogP contribution >= 0.6 is 11.6 Å². The van der Waals surface area contributed by atoms with Gasteiger partial charge in [-0.1, -0.05) is 26.0 Å². The first-order valence-electron chi connectivity index (χ1n) is 18.7. The van der Waals surface area contributed by atoms with Crippen molar-refractivity contribution in [2.75, 3.05) is 59.3 Å². The zero-order chi connectivity index (χ0) is 41.0. The third-order valence-electron chi connectivity index (χ3n) is 9.58. The summed E-state index contributed by atoms with van der Waals surface area (Å²) in [5, 5.41) is 8.73. The largest absolute Gasteiger partial charge is 0.395 e. The van der Waals surface area contributed by atoms with E-state index in [1.54, 1.807) is 18.5 Å². The summed E-state index contributed by atoms with van der Waals surface area (Å²) in [5.74, 6) is -2.26. The summed E-state index contributed by atoms with van der Waals surface area (Å²) in [6.45, 7) is 17.9. The van der Waals surface area contributed by atoms with Crippen molar-refractivity contribution < 1.29 is 17.6 Å². The van der Waals surface area contributed by atoms with Crippen LogP contribution in [0.1, 0.15) is 54.7 Å². The Morgan fingerprint density at radius 3 is 2.10 bits per heavy atom. The van der Waals surface area contributed by atoms with Gasteiger partial charge in [-0.25, -0.2) is 42.5 Å². The maximum atomic E-state index is 15.5. The number of nitrogens with two attached hydrogens (primary N) is 1. The molecular weight excluding hydrogens is 774 g/mol. The molecule has 0 amide bonds. The number of hydrogen-bond donors (Lipinski definition) is 4. The number of rotatable bonds is 10. The molecule has 0 aliphatic carbocycles. The molecule has 18 heteroatoms. The highest BCUT2D eigenvalue weighted by Crippen LogP contribution is 2.41. The Morgan fingerprint density at radius 1 is 0.828 bits per heavy atom. The normalized spacial score (nSPS) is 15.4. The number of nitrogens with one attached hydrogen (secondary N) is 3. The number of halogens is 5. The molecule has 1 saturated heterocycles. The molecule has 2 aromatic carbocycles. The Balaban J connectivity index is 0.000000259. The maximum absolute atomic E-state index is 15.5. The van der Waals surface area contributed by atoms with E-state index in [9.17, 15) is 13.2 Å². The number of hydrogen-bond acceptors (Lipinski definition) is 13. The molecule has 5 aromatic rings. The standard InChI is InChI=1S/C26H33F2N9.C13H13ClF2N4.CH4/c1-5-35-6-8-36(9-7-35)14-19-12-30-22(13-29-19)34-26-23(28)24(31-15-32-26)18-10-20(27)25-21(11-18)37(16(2)3)17(4)33-25;1-6(2)20-9-4-7(3-8(15)11(9)17)12-10(16)13(14)19-5-18-12;/h10-13,15-17,33H,5-9,14H2,1-4H3,(H,30,31,32,34);3-6,20H,17H2,1-2H3;1H4. The molecule has 2 aliphatic rings. The summed E-state index contributed by atoms with van der Waals surface area (Å²) >= 11 is 5.60. The van der Waals surface area contributed by atoms with Crippen molar-refractivity contribution in [3.05, 3.63) is 83.4 Å². The monoisotopic (exact) mass is 823 g/mol. The number of fused-ring (bicyclic) bond motifs is 1. The Kier molecular flexibility index (Phi) is 14.3. The molecule has 5 N–H and O–H groups in total. The van der Waals surface area contributed by atoms with E-state index < -0.39 is 23.3 Å². The lowest BCUT2D eigenvalue weighted by molar-refractivity contribution is 0.130. The maximum Gasteiger partial charge on any atom is 0.192 e. The van der Waals surface area contributed by atoms with Gasteiger partial charge in [0.15, 0.2) is 22.6 Å². The first kappa shape index (κ1) is 43.7. The molecule has 0 saturated carbocycles.